The summed E-state index contributed by atoms with van der Waals surface area (Å²) in [5.74, 6) is -0.0513. The molecule has 1 aliphatic carbocycles. The van der Waals surface area contributed by atoms with Gasteiger partial charge in [-0.2, -0.15) is 0 Å². The van der Waals surface area contributed by atoms with E-state index in [9.17, 15) is 0 Å². The molecule has 3 aliphatic rings. The first-order valence-corrected chi connectivity index (χ1v) is 28.8. The second-order valence-corrected chi connectivity index (χ2v) is 22.1. The molecule has 0 radical (unpaired) electrons. The lowest BCUT2D eigenvalue weighted by Crippen LogP contribution is -2.31. The normalized spacial score (nSPS) is 12.9. The zero-order valence-corrected chi connectivity index (χ0v) is 45.6. The Bertz CT molecular complexity index is 4170. The van der Waals surface area contributed by atoms with Crippen LogP contribution in [0.1, 0.15) is 33.7 Å². The molecule has 3 nitrogen and oxygen atoms in total. The Labute approximate surface area is 485 Å². The molecule has 390 valence electrons. The van der Waals surface area contributed by atoms with Crippen LogP contribution in [0.2, 0.25) is 0 Å². The number of hydrogen-bond donors (Lipinski definition) is 0. The predicted molar refractivity (Wildman–Crippen MR) is 347 cm³/mol. The van der Waals surface area contributed by atoms with Crippen molar-refractivity contribution in [2.75, 3.05) is 14.7 Å². The van der Waals surface area contributed by atoms with Gasteiger partial charge in [0.05, 0.1) is 39.8 Å². The van der Waals surface area contributed by atoms with Gasteiger partial charge in [-0.15, -0.1) is 0 Å². The van der Waals surface area contributed by atoms with E-state index in [1.807, 2.05) is 0 Å². The lowest BCUT2D eigenvalue weighted by atomic mass is 9.74. The van der Waals surface area contributed by atoms with Crippen LogP contribution in [-0.2, 0) is 6.42 Å². The molecule has 0 saturated carbocycles. The van der Waals surface area contributed by atoms with Crippen molar-refractivity contribution in [3.8, 4) is 66.8 Å². The van der Waals surface area contributed by atoms with E-state index >= 15 is 0 Å². The van der Waals surface area contributed by atoms with Crippen molar-refractivity contribution in [2.24, 2.45) is 0 Å². The molecule has 13 aromatic carbocycles. The highest BCUT2D eigenvalue weighted by atomic mass is 15.3. The Morgan fingerprint density at radius 3 is 0.880 bits per heavy atom. The standard InChI is InChI=1S/C80H55N3/c1-7-23-54(24-8-1)60-39-41-73-75(50-60)83-76-51-61(55-25-9-2-10-26-55)40-42-74(76)82(70-48-66(58-31-15-5-16-32-58)45-67(49-70)59-33-17-6-18-34-59)78-53-68(79-71-37-21-19-35-62(71)43-63-36-20-22-38-72(63)79)52-77(80(78)83)81(73)69-46-64(56-27-11-3-12-28-56)44-65(47-69)57-29-13-4-14-30-57/h1-42,44-53,79H,43H2. The minimum atomic E-state index is -0.0513. The minimum absolute atomic E-state index is 0.0513. The van der Waals surface area contributed by atoms with Crippen molar-refractivity contribution in [2.45, 2.75) is 12.3 Å². The number of rotatable bonds is 9. The number of hydrogen-bond acceptors (Lipinski definition) is 3. The van der Waals surface area contributed by atoms with Crippen LogP contribution < -0.4 is 14.7 Å². The fourth-order valence-electron chi connectivity index (χ4n) is 13.3. The van der Waals surface area contributed by atoms with Crippen LogP contribution >= 0.6 is 0 Å². The number of anilines is 9. The van der Waals surface area contributed by atoms with Crippen LogP contribution in [0.4, 0.5) is 51.2 Å². The summed E-state index contributed by atoms with van der Waals surface area (Å²) in [5.41, 5.74) is 30.4. The van der Waals surface area contributed by atoms with Gasteiger partial charge in [0.15, 0.2) is 0 Å². The van der Waals surface area contributed by atoms with E-state index in [1.165, 1.54) is 38.9 Å². The maximum Gasteiger partial charge on any atom is 0.0948 e. The predicted octanol–water partition coefficient (Wildman–Crippen LogP) is 21.8. The van der Waals surface area contributed by atoms with Crippen LogP contribution in [0.5, 0.6) is 0 Å². The molecule has 16 rings (SSSR count). The highest BCUT2D eigenvalue weighted by molar-refractivity contribution is 6.14. The molecule has 0 unspecified atom stereocenters. The van der Waals surface area contributed by atoms with Gasteiger partial charge in [-0.25, -0.2) is 0 Å². The first-order chi connectivity index (χ1) is 41.1. The minimum Gasteiger partial charge on any atom is -0.306 e. The van der Waals surface area contributed by atoms with E-state index in [4.69, 9.17) is 0 Å². The van der Waals surface area contributed by atoms with Gasteiger partial charge >= 0.3 is 0 Å². The van der Waals surface area contributed by atoms with Gasteiger partial charge in [0.1, 0.15) is 0 Å². The molecule has 0 spiro atoms. The molecule has 0 bridgehead atoms. The van der Waals surface area contributed by atoms with E-state index < -0.39 is 0 Å². The smallest absolute Gasteiger partial charge is 0.0948 e. The average molecular weight is 1060 g/mol. The Morgan fingerprint density at radius 1 is 0.217 bits per heavy atom. The van der Waals surface area contributed by atoms with E-state index in [1.54, 1.807) is 0 Å². The Morgan fingerprint density at radius 2 is 0.530 bits per heavy atom. The molecule has 0 N–H and O–H groups in total. The third kappa shape index (κ3) is 8.44. The van der Waals surface area contributed by atoms with Crippen LogP contribution in [0.25, 0.3) is 66.8 Å². The van der Waals surface area contributed by atoms with Crippen LogP contribution in [-0.4, -0.2) is 0 Å². The molecule has 83 heavy (non-hydrogen) atoms. The van der Waals surface area contributed by atoms with Gasteiger partial charge in [0, 0.05) is 17.3 Å². The van der Waals surface area contributed by atoms with Crippen molar-refractivity contribution in [1.29, 1.82) is 0 Å². The molecular weight excluding hydrogens is 1000 g/mol. The Hall–Kier alpha value is -10.7. The van der Waals surface area contributed by atoms with E-state index in [0.717, 1.165) is 113 Å². The molecule has 13 aromatic rings. The molecule has 2 heterocycles. The lowest BCUT2D eigenvalue weighted by molar-refractivity contribution is 0.884. The zero-order valence-electron chi connectivity index (χ0n) is 45.6. The summed E-state index contributed by atoms with van der Waals surface area (Å²) in [6.07, 6.45) is 0.893. The first kappa shape index (κ1) is 48.2. The molecule has 3 heteroatoms. The van der Waals surface area contributed by atoms with E-state index in [-0.39, 0.29) is 5.92 Å². The lowest BCUT2D eigenvalue weighted by Gasteiger charge is -2.48. The Balaban J connectivity index is 1.06. The van der Waals surface area contributed by atoms with Crippen molar-refractivity contribution < 1.29 is 0 Å². The van der Waals surface area contributed by atoms with Gasteiger partial charge in [-0.05, 0) is 174 Å². The second-order valence-electron chi connectivity index (χ2n) is 22.1. The van der Waals surface area contributed by atoms with Gasteiger partial charge in [-0.3, -0.25) is 0 Å². The molecule has 0 fully saturated rings. The molecule has 2 aliphatic heterocycles. The number of fused-ring (bicyclic) bond motifs is 6. The summed E-state index contributed by atoms with van der Waals surface area (Å²) in [4.78, 5) is 7.77. The highest BCUT2D eigenvalue weighted by Crippen LogP contribution is 2.65. The third-order valence-electron chi connectivity index (χ3n) is 17.2. The average Bonchev–Trinajstić information content (AvgIpc) is 1.45. The summed E-state index contributed by atoms with van der Waals surface area (Å²) in [7, 11) is 0. The Kier molecular flexibility index (Phi) is 11.7. The SMILES string of the molecule is c1ccc(-c2cc(-c3ccccc3)cc(N3c4ccc(-c5ccccc5)cc4N4c5cc(-c6ccccc6)ccc5N(c5cc(-c6ccccc6)cc(-c6ccccc6)c5)c5cc(C6c7ccccc7Cc7ccccc76)cc3c54)c2)cc1. The number of nitrogens with zero attached hydrogens (tertiary/aromatic N) is 3. The van der Waals surface area contributed by atoms with Crippen molar-refractivity contribution in [1.82, 2.24) is 0 Å². The maximum absolute atomic E-state index is 2.60. The molecular formula is C80H55N3. The fourth-order valence-corrected chi connectivity index (χ4v) is 13.3. The van der Waals surface area contributed by atoms with Crippen LogP contribution in [0, 0.1) is 0 Å². The molecule has 0 saturated heterocycles. The van der Waals surface area contributed by atoms with Gasteiger partial charge in [0.2, 0.25) is 0 Å². The van der Waals surface area contributed by atoms with Crippen molar-refractivity contribution >= 4 is 51.2 Å². The zero-order chi connectivity index (χ0) is 54.8. The summed E-state index contributed by atoms with van der Waals surface area (Å²) in [6.45, 7) is 0. The second kappa shape index (κ2) is 20.1. The monoisotopic (exact) mass is 1060 g/mol. The molecule has 0 amide bonds. The summed E-state index contributed by atoms with van der Waals surface area (Å²) in [6, 6.07) is 117. The summed E-state index contributed by atoms with van der Waals surface area (Å²) < 4.78 is 0. The maximum atomic E-state index is 2.60. The quantitative estimate of drug-likeness (QED) is 0.143. The van der Waals surface area contributed by atoms with Crippen LogP contribution in [0.3, 0.4) is 0 Å². The number of benzene rings is 13. The van der Waals surface area contributed by atoms with E-state index in [0.29, 0.717) is 0 Å². The molecule has 0 atom stereocenters. The highest BCUT2D eigenvalue weighted by Gasteiger charge is 2.42. The third-order valence-corrected chi connectivity index (χ3v) is 17.2. The van der Waals surface area contributed by atoms with Gasteiger partial charge < -0.3 is 14.7 Å². The summed E-state index contributed by atoms with van der Waals surface area (Å²) >= 11 is 0. The first-order valence-electron chi connectivity index (χ1n) is 28.8. The summed E-state index contributed by atoms with van der Waals surface area (Å²) in [5, 5.41) is 0. The van der Waals surface area contributed by atoms with Gasteiger partial charge in [-0.1, -0.05) is 243 Å². The van der Waals surface area contributed by atoms with Crippen molar-refractivity contribution in [3.63, 3.8) is 0 Å². The van der Waals surface area contributed by atoms with E-state index in [2.05, 4.69) is 330 Å². The van der Waals surface area contributed by atoms with Gasteiger partial charge in [0.25, 0.3) is 0 Å². The molecule has 0 aromatic heterocycles. The fraction of sp³-hybridized carbons (Fsp3) is 0.0250. The van der Waals surface area contributed by atoms with Crippen molar-refractivity contribution in [3.05, 3.63) is 343 Å². The largest absolute Gasteiger partial charge is 0.306 e. The topological polar surface area (TPSA) is 9.72 Å². The van der Waals surface area contributed by atoms with Crippen LogP contribution in [0.15, 0.2) is 315 Å².